The van der Waals surface area contributed by atoms with Gasteiger partial charge in [0.05, 0.1) is 17.3 Å². The van der Waals surface area contributed by atoms with Crippen LogP contribution in [0.1, 0.15) is 56.0 Å². The highest BCUT2D eigenvalue weighted by Crippen LogP contribution is 2.34. The lowest BCUT2D eigenvalue weighted by Gasteiger charge is -2.25. The smallest absolute Gasteiger partial charge is 0.230 e. The summed E-state index contributed by atoms with van der Waals surface area (Å²) in [5, 5.41) is 15.2. The lowest BCUT2D eigenvalue weighted by Crippen LogP contribution is -2.36. The Morgan fingerprint density at radius 2 is 1.82 bits per heavy atom. The highest BCUT2D eigenvalue weighted by atomic mass is 32.2. The van der Waals surface area contributed by atoms with E-state index in [0.29, 0.717) is 18.9 Å². The Morgan fingerprint density at radius 1 is 1.03 bits per heavy atom. The summed E-state index contributed by atoms with van der Waals surface area (Å²) in [5.41, 5.74) is 1.22. The third-order valence-electron chi connectivity index (χ3n) is 6.83. The first-order valence-electron chi connectivity index (χ1n) is 12.0. The minimum atomic E-state index is -3.02. The van der Waals surface area contributed by atoms with Crippen molar-refractivity contribution in [1.82, 2.24) is 20.1 Å². The molecule has 1 aliphatic heterocycles. The molecule has 180 valence electrons. The average Bonchev–Trinajstić information content (AvgIpc) is 3.40. The molecule has 3 aromatic rings. The summed E-state index contributed by atoms with van der Waals surface area (Å²) in [6, 6.07) is 14.8. The summed E-state index contributed by atoms with van der Waals surface area (Å²) in [5.74, 6) is 1.18. The maximum absolute atomic E-state index is 12.5. The predicted octanol–water partition coefficient (Wildman–Crippen LogP) is 3.92. The maximum Gasteiger partial charge on any atom is 0.230 e. The number of hydrogen-bond donors (Lipinski definition) is 1. The van der Waals surface area contributed by atoms with E-state index < -0.39 is 9.84 Å². The molecule has 0 spiro atoms. The van der Waals surface area contributed by atoms with Crippen molar-refractivity contribution in [1.29, 1.82) is 0 Å². The normalized spacial score (nSPS) is 20.5. The van der Waals surface area contributed by atoms with Crippen molar-refractivity contribution in [2.24, 2.45) is 0 Å². The van der Waals surface area contributed by atoms with Gasteiger partial charge in [0.2, 0.25) is 5.91 Å². The summed E-state index contributed by atoms with van der Waals surface area (Å²) in [7, 11) is -3.02. The summed E-state index contributed by atoms with van der Waals surface area (Å²) >= 11 is 1.39. The molecule has 0 radical (unpaired) electrons. The fourth-order valence-corrected chi connectivity index (χ4v) is 7.67. The number of fused-ring (bicyclic) bond motifs is 1. The van der Waals surface area contributed by atoms with Crippen molar-refractivity contribution < 1.29 is 13.2 Å². The minimum absolute atomic E-state index is 0.0385. The number of nitrogens with zero attached hydrogens (tertiary/aromatic N) is 3. The number of rotatable bonds is 7. The van der Waals surface area contributed by atoms with Gasteiger partial charge in [-0.15, -0.1) is 10.2 Å². The number of amides is 1. The third kappa shape index (κ3) is 5.30. The van der Waals surface area contributed by atoms with Crippen LogP contribution < -0.4 is 5.32 Å². The van der Waals surface area contributed by atoms with Crippen molar-refractivity contribution in [2.45, 2.75) is 62.2 Å². The van der Waals surface area contributed by atoms with Gasteiger partial charge in [-0.25, -0.2) is 8.42 Å². The lowest BCUT2D eigenvalue weighted by molar-refractivity contribution is -0.119. The summed E-state index contributed by atoms with van der Waals surface area (Å²) < 4.78 is 25.6. The van der Waals surface area contributed by atoms with Gasteiger partial charge in [0.1, 0.15) is 5.82 Å². The van der Waals surface area contributed by atoms with Crippen LogP contribution in [0.3, 0.4) is 0 Å². The molecule has 1 atom stereocenters. The van der Waals surface area contributed by atoms with Crippen LogP contribution in [0, 0.1) is 0 Å². The number of benzene rings is 2. The molecule has 1 N–H and O–H groups in total. The van der Waals surface area contributed by atoms with Crippen LogP contribution >= 0.6 is 11.8 Å². The molecule has 0 bridgehead atoms. The topological polar surface area (TPSA) is 93.9 Å². The minimum Gasteiger partial charge on any atom is -0.352 e. The van der Waals surface area contributed by atoms with Crippen LogP contribution in [0.5, 0.6) is 0 Å². The number of aromatic nitrogens is 3. The molecule has 1 aromatic heterocycles. The molecule has 1 aliphatic carbocycles. The van der Waals surface area contributed by atoms with Crippen LogP contribution in [0.15, 0.2) is 47.6 Å². The van der Waals surface area contributed by atoms with E-state index in [1.165, 1.54) is 47.4 Å². The van der Waals surface area contributed by atoms with Gasteiger partial charge in [-0.2, -0.15) is 0 Å². The SMILES string of the molecule is O=C(CSc1nnc(Cc2cccc3ccccc23)n1C1CCCCC1)NC1CCS(=O)(=O)C1. The number of carbonyl (C=O) groups excluding carboxylic acids is 1. The zero-order valence-electron chi connectivity index (χ0n) is 19.2. The molecule has 2 fully saturated rings. The van der Waals surface area contributed by atoms with Gasteiger partial charge >= 0.3 is 0 Å². The fraction of sp³-hybridized carbons (Fsp3) is 0.480. The highest BCUT2D eigenvalue weighted by molar-refractivity contribution is 7.99. The predicted molar refractivity (Wildman–Crippen MR) is 135 cm³/mol. The Balaban J connectivity index is 1.34. The zero-order valence-corrected chi connectivity index (χ0v) is 20.8. The van der Waals surface area contributed by atoms with Crippen molar-refractivity contribution in [3.63, 3.8) is 0 Å². The van der Waals surface area contributed by atoms with E-state index in [1.807, 2.05) is 0 Å². The Labute approximate surface area is 204 Å². The van der Waals surface area contributed by atoms with Gasteiger partial charge in [0, 0.05) is 18.5 Å². The van der Waals surface area contributed by atoms with E-state index in [2.05, 4.69) is 62.5 Å². The Hall–Kier alpha value is -2.39. The molecule has 2 heterocycles. The molecule has 2 aromatic carbocycles. The molecule has 1 saturated carbocycles. The van der Waals surface area contributed by atoms with Gasteiger partial charge in [-0.3, -0.25) is 4.79 Å². The van der Waals surface area contributed by atoms with Crippen LogP contribution in [-0.4, -0.2) is 52.4 Å². The van der Waals surface area contributed by atoms with E-state index in [-0.39, 0.29) is 29.2 Å². The first kappa shape index (κ1) is 23.4. The second kappa shape index (κ2) is 10.1. The van der Waals surface area contributed by atoms with E-state index in [9.17, 15) is 13.2 Å². The molecule has 9 heteroatoms. The number of thioether (sulfide) groups is 1. The number of sulfone groups is 1. The Morgan fingerprint density at radius 3 is 2.62 bits per heavy atom. The number of carbonyl (C=O) groups is 1. The van der Waals surface area contributed by atoms with E-state index in [0.717, 1.165) is 23.8 Å². The third-order valence-corrected chi connectivity index (χ3v) is 9.54. The summed E-state index contributed by atoms with van der Waals surface area (Å²) in [6.07, 6.45) is 7.02. The Kier molecular flexibility index (Phi) is 6.92. The van der Waals surface area contributed by atoms with Crippen LogP contribution in [0.25, 0.3) is 10.8 Å². The molecular weight excluding hydrogens is 468 g/mol. The quantitative estimate of drug-likeness (QED) is 0.496. The Bertz CT molecular complexity index is 1280. The second-order valence-corrected chi connectivity index (χ2v) is 12.5. The van der Waals surface area contributed by atoms with Crippen molar-refractivity contribution in [2.75, 3.05) is 17.3 Å². The standard InChI is InChI=1S/C25H30N4O3S2/c30-24(26-20-13-14-34(31,32)17-20)16-33-25-28-27-23(29(25)21-10-2-1-3-11-21)15-19-9-6-8-18-7-4-5-12-22(18)19/h4-9,12,20-21H,1-3,10-11,13-17H2,(H,26,30). The fourth-order valence-electron chi connectivity index (χ4n) is 5.16. The molecule has 34 heavy (non-hydrogen) atoms. The first-order chi connectivity index (χ1) is 16.5. The molecule has 1 amide bonds. The molecule has 1 unspecified atom stereocenters. The molecule has 5 rings (SSSR count). The van der Waals surface area contributed by atoms with Crippen LogP contribution in [-0.2, 0) is 21.1 Å². The van der Waals surface area contributed by atoms with Crippen molar-refractivity contribution in [3.05, 3.63) is 53.9 Å². The average molecular weight is 499 g/mol. The lowest BCUT2D eigenvalue weighted by atomic mass is 9.95. The van der Waals surface area contributed by atoms with Gasteiger partial charge in [-0.1, -0.05) is 73.5 Å². The molecular formula is C25H30N4O3S2. The van der Waals surface area contributed by atoms with Crippen molar-refractivity contribution >= 4 is 38.3 Å². The largest absolute Gasteiger partial charge is 0.352 e. The summed E-state index contributed by atoms with van der Waals surface area (Å²) in [4.78, 5) is 12.5. The van der Waals surface area contributed by atoms with Gasteiger partial charge in [0.25, 0.3) is 0 Å². The van der Waals surface area contributed by atoms with Gasteiger partial charge < -0.3 is 9.88 Å². The molecule has 1 saturated heterocycles. The van der Waals surface area contributed by atoms with E-state index in [4.69, 9.17) is 0 Å². The van der Waals surface area contributed by atoms with E-state index in [1.54, 1.807) is 0 Å². The number of hydrogen-bond acceptors (Lipinski definition) is 6. The second-order valence-electron chi connectivity index (χ2n) is 9.33. The maximum atomic E-state index is 12.5. The summed E-state index contributed by atoms with van der Waals surface area (Å²) in [6.45, 7) is 0. The van der Waals surface area contributed by atoms with Crippen LogP contribution in [0.2, 0.25) is 0 Å². The van der Waals surface area contributed by atoms with Gasteiger partial charge in [0.15, 0.2) is 15.0 Å². The zero-order chi connectivity index (χ0) is 23.5. The van der Waals surface area contributed by atoms with Gasteiger partial charge in [-0.05, 0) is 35.6 Å². The molecule has 7 nitrogen and oxygen atoms in total. The van der Waals surface area contributed by atoms with Crippen LogP contribution in [0.4, 0.5) is 0 Å². The monoisotopic (exact) mass is 498 g/mol. The van der Waals surface area contributed by atoms with Crippen molar-refractivity contribution in [3.8, 4) is 0 Å². The first-order valence-corrected chi connectivity index (χ1v) is 14.8. The number of nitrogens with one attached hydrogen (secondary N) is 1. The molecule has 2 aliphatic rings. The van der Waals surface area contributed by atoms with E-state index >= 15 is 0 Å². The highest BCUT2D eigenvalue weighted by Gasteiger charge is 2.29.